The highest BCUT2D eigenvalue weighted by molar-refractivity contribution is 7.92. The van der Waals surface area contributed by atoms with E-state index in [-0.39, 0.29) is 24.3 Å². The van der Waals surface area contributed by atoms with Gasteiger partial charge in [0.2, 0.25) is 10.0 Å². The fourth-order valence-corrected chi connectivity index (χ4v) is 4.35. The van der Waals surface area contributed by atoms with E-state index in [4.69, 9.17) is 9.47 Å². The van der Waals surface area contributed by atoms with Crippen molar-refractivity contribution in [1.29, 1.82) is 0 Å². The molecule has 7 nitrogen and oxygen atoms in total. The van der Waals surface area contributed by atoms with Crippen molar-refractivity contribution in [3.63, 3.8) is 0 Å². The molecule has 0 amide bonds. The standard InChI is InChI=1S/C18H23NO6S/c1-26(22,23)19-8-2-3-14-11-15(4-5-16(14)19)17(20)12-25-18(21)13-6-9-24-10-7-13/h4-5,11,13H,2-3,6-10,12H2,1H3. The van der Waals surface area contributed by atoms with Gasteiger partial charge in [-0.15, -0.1) is 0 Å². The molecule has 2 aliphatic heterocycles. The number of rotatable bonds is 5. The van der Waals surface area contributed by atoms with Crippen LogP contribution in [-0.4, -0.2) is 52.8 Å². The molecule has 0 N–H and O–H groups in total. The van der Waals surface area contributed by atoms with Crippen molar-refractivity contribution in [1.82, 2.24) is 0 Å². The second-order valence-corrected chi connectivity index (χ2v) is 8.61. The first kappa shape index (κ1) is 18.8. The van der Waals surface area contributed by atoms with Gasteiger partial charge in [0.25, 0.3) is 0 Å². The molecule has 0 aliphatic carbocycles. The van der Waals surface area contributed by atoms with Gasteiger partial charge in [0.15, 0.2) is 12.4 Å². The Bertz CT molecular complexity index is 798. The normalized spacial score (nSPS) is 18.3. The van der Waals surface area contributed by atoms with Crippen molar-refractivity contribution >= 4 is 27.5 Å². The molecule has 3 rings (SSSR count). The molecule has 0 bridgehead atoms. The second kappa shape index (κ2) is 7.75. The first-order chi connectivity index (χ1) is 12.4. The van der Waals surface area contributed by atoms with Crippen LogP contribution in [-0.2, 0) is 30.7 Å². The molecule has 0 aromatic heterocycles. The summed E-state index contributed by atoms with van der Waals surface area (Å²) >= 11 is 0. The predicted octanol–water partition coefficient (Wildman–Crippen LogP) is 1.55. The Kier molecular flexibility index (Phi) is 5.62. The van der Waals surface area contributed by atoms with E-state index in [1.54, 1.807) is 18.2 Å². The molecule has 0 unspecified atom stereocenters. The molecule has 0 radical (unpaired) electrons. The lowest BCUT2D eigenvalue weighted by molar-refractivity contribution is -0.150. The fraction of sp³-hybridized carbons (Fsp3) is 0.556. The van der Waals surface area contributed by atoms with Crippen molar-refractivity contribution in [3.8, 4) is 0 Å². The summed E-state index contributed by atoms with van der Waals surface area (Å²) in [6, 6.07) is 4.95. The third-order valence-corrected chi connectivity index (χ3v) is 5.96. The highest BCUT2D eigenvalue weighted by atomic mass is 32.2. The first-order valence-corrected chi connectivity index (χ1v) is 10.6. The number of carbonyl (C=O) groups excluding carboxylic acids is 2. The van der Waals surface area contributed by atoms with Gasteiger partial charge in [0.1, 0.15) is 0 Å². The maximum absolute atomic E-state index is 12.4. The summed E-state index contributed by atoms with van der Waals surface area (Å²) in [6.45, 7) is 1.22. The Morgan fingerprint density at radius 2 is 2.00 bits per heavy atom. The zero-order chi connectivity index (χ0) is 18.7. The number of benzene rings is 1. The molecule has 0 saturated carbocycles. The van der Waals surface area contributed by atoms with Crippen LogP contribution in [0.4, 0.5) is 5.69 Å². The third-order valence-electron chi connectivity index (χ3n) is 4.78. The predicted molar refractivity (Wildman–Crippen MR) is 95.8 cm³/mol. The molecular weight excluding hydrogens is 358 g/mol. The van der Waals surface area contributed by atoms with Crippen LogP contribution in [0.5, 0.6) is 0 Å². The summed E-state index contributed by atoms with van der Waals surface area (Å²) in [6.07, 6.45) is 3.83. The van der Waals surface area contributed by atoms with Crippen molar-refractivity contribution in [2.75, 3.05) is 36.9 Å². The van der Waals surface area contributed by atoms with E-state index in [9.17, 15) is 18.0 Å². The lowest BCUT2D eigenvalue weighted by Gasteiger charge is -2.29. The zero-order valence-corrected chi connectivity index (χ0v) is 15.6. The van der Waals surface area contributed by atoms with Gasteiger partial charge in [-0.3, -0.25) is 13.9 Å². The highest BCUT2D eigenvalue weighted by Crippen LogP contribution is 2.30. The van der Waals surface area contributed by atoms with Gasteiger partial charge in [-0.05, 0) is 49.4 Å². The Morgan fingerprint density at radius 3 is 2.69 bits per heavy atom. The number of esters is 1. The van der Waals surface area contributed by atoms with Crippen molar-refractivity contribution in [2.45, 2.75) is 25.7 Å². The van der Waals surface area contributed by atoms with Crippen LogP contribution in [0.15, 0.2) is 18.2 Å². The average Bonchev–Trinajstić information content (AvgIpc) is 2.64. The smallest absolute Gasteiger partial charge is 0.309 e. The van der Waals surface area contributed by atoms with Gasteiger partial charge in [0.05, 0.1) is 17.9 Å². The molecule has 1 aromatic carbocycles. The lowest BCUT2D eigenvalue weighted by Crippen LogP contribution is -2.34. The molecule has 2 heterocycles. The Hall–Kier alpha value is -1.93. The summed E-state index contributed by atoms with van der Waals surface area (Å²) in [4.78, 5) is 24.4. The van der Waals surface area contributed by atoms with E-state index < -0.39 is 10.0 Å². The van der Waals surface area contributed by atoms with Crippen molar-refractivity contribution < 1.29 is 27.5 Å². The number of carbonyl (C=O) groups is 2. The summed E-state index contributed by atoms with van der Waals surface area (Å²) in [5, 5.41) is 0. The number of hydrogen-bond donors (Lipinski definition) is 0. The van der Waals surface area contributed by atoms with E-state index in [0.29, 0.717) is 56.7 Å². The number of nitrogens with zero attached hydrogens (tertiary/aromatic N) is 1. The van der Waals surface area contributed by atoms with Gasteiger partial charge in [0, 0.05) is 25.3 Å². The molecule has 2 aliphatic rings. The largest absolute Gasteiger partial charge is 0.457 e. The number of sulfonamides is 1. The summed E-state index contributed by atoms with van der Waals surface area (Å²) < 4.78 is 35.5. The van der Waals surface area contributed by atoms with Crippen LogP contribution in [0.3, 0.4) is 0 Å². The first-order valence-electron chi connectivity index (χ1n) is 8.74. The second-order valence-electron chi connectivity index (χ2n) is 6.70. The minimum absolute atomic E-state index is 0.205. The van der Waals surface area contributed by atoms with Gasteiger partial charge in [-0.25, -0.2) is 8.42 Å². The van der Waals surface area contributed by atoms with Crippen LogP contribution in [0.1, 0.15) is 35.2 Å². The molecule has 1 fully saturated rings. The van der Waals surface area contributed by atoms with Crippen LogP contribution in [0.25, 0.3) is 0 Å². The quantitative estimate of drug-likeness (QED) is 0.568. The number of aryl methyl sites for hydroxylation is 1. The number of ether oxygens (including phenoxy) is 2. The van der Waals surface area contributed by atoms with Crippen LogP contribution in [0.2, 0.25) is 0 Å². The van der Waals surface area contributed by atoms with Crippen molar-refractivity contribution in [2.24, 2.45) is 5.92 Å². The number of hydrogen-bond acceptors (Lipinski definition) is 6. The van der Waals surface area contributed by atoms with E-state index in [1.807, 2.05) is 0 Å². The Morgan fingerprint density at radius 1 is 1.27 bits per heavy atom. The Balaban J connectivity index is 1.66. The maximum atomic E-state index is 12.4. The number of ketones is 1. The molecule has 26 heavy (non-hydrogen) atoms. The molecule has 0 spiro atoms. The van der Waals surface area contributed by atoms with Gasteiger partial charge >= 0.3 is 5.97 Å². The summed E-state index contributed by atoms with van der Waals surface area (Å²) in [5.41, 5.74) is 1.87. The van der Waals surface area contributed by atoms with E-state index in [0.717, 1.165) is 5.56 Å². The fourth-order valence-electron chi connectivity index (χ4n) is 3.35. The third kappa shape index (κ3) is 4.24. The van der Waals surface area contributed by atoms with Gasteiger partial charge < -0.3 is 9.47 Å². The molecule has 1 saturated heterocycles. The van der Waals surface area contributed by atoms with E-state index >= 15 is 0 Å². The monoisotopic (exact) mass is 381 g/mol. The number of Topliss-reactive ketones (excluding diaryl/α,β-unsaturated/α-hetero) is 1. The van der Waals surface area contributed by atoms with Gasteiger partial charge in [-0.2, -0.15) is 0 Å². The maximum Gasteiger partial charge on any atom is 0.309 e. The zero-order valence-electron chi connectivity index (χ0n) is 14.8. The summed E-state index contributed by atoms with van der Waals surface area (Å²) in [7, 11) is -3.34. The molecule has 1 aromatic rings. The van der Waals surface area contributed by atoms with Crippen LogP contribution < -0.4 is 4.31 Å². The average molecular weight is 381 g/mol. The topological polar surface area (TPSA) is 90.0 Å². The van der Waals surface area contributed by atoms with E-state index in [2.05, 4.69) is 0 Å². The van der Waals surface area contributed by atoms with Crippen LogP contribution in [0, 0.1) is 5.92 Å². The minimum atomic E-state index is -3.34. The lowest BCUT2D eigenvalue weighted by atomic mass is 9.99. The minimum Gasteiger partial charge on any atom is -0.457 e. The SMILES string of the molecule is CS(=O)(=O)N1CCCc2cc(C(=O)COC(=O)C3CCOCC3)ccc21. The Labute approximate surface area is 153 Å². The summed E-state index contributed by atoms with van der Waals surface area (Å²) in [5.74, 6) is -0.851. The molecular formula is C18H23NO6S. The molecule has 0 atom stereocenters. The molecule has 142 valence electrons. The number of anilines is 1. The number of fused-ring (bicyclic) bond motifs is 1. The molecule has 8 heteroatoms. The van der Waals surface area contributed by atoms with Crippen LogP contribution >= 0.6 is 0 Å². The van der Waals surface area contributed by atoms with Crippen molar-refractivity contribution in [3.05, 3.63) is 29.3 Å². The van der Waals surface area contributed by atoms with E-state index in [1.165, 1.54) is 10.6 Å². The highest BCUT2D eigenvalue weighted by Gasteiger charge is 2.26. The van der Waals surface area contributed by atoms with Gasteiger partial charge in [-0.1, -0.05) is 0 Å².